The van der Waals surface area contributed by atoms with Crippen LogP contribution in [-0.2, 0) is 6.54 Å². The average Bonchev–Trinajstić information content (AvgIpc) is 2.93. The Morgan fingerprint density at radius 1 is 1.19 bits per heavy atom. The Balaban J connectivity index is 1.99. The molecule has 5 nitrogen and oxygen atoms in total. The van der Waals surface area contributed by atoms with Gasteiger partial charge in [0.1, 0.15) is 5.82 Å². The van der Waals surface area contributed by atoms with Crippen molar-refractivity contribution in [2.75, 3.05) is 5.73 Å². The average molecular weight is 283 g/mol. The molecule has 0 saturated carbocycles. The van der Waals surface area contributed by atoms with Crippen molar-refractivity contribution in [1.29, 1.82) is 0 Å². The van der Waals surface area contributed by atoms with Gasteiger partial charge in [0.05, 0.1) is 6.54 Å². The van der Waals surface area contributed by atoms with E-state index >= 15 is 0 Å². The first kappa shape index (κ1) is 13.2. The van der Waals surface area contributed by atoms with Gasteiger partial charge in [0.15, 0.2) is 5.82 Å². The van der Waals surface area contributed by atoms with Crippen LogP contribution in [0.4, 0.5) is 10.1 Å². The Morgan fingerprint density at radius 2 is 1.95 bits per heavy atom. The quantitative estimate of drug-likeness (QED) is 0.749. The van der Waals surface area contributed by atoms with Crippen LogP contribution in [0.2, 0.25) is 0 Å². The SMILES string of the molecule is Cc1c(N)cc(-c2nnnn2Cc2ccccc2)cc1F. The number of nitrogen functional groups attached to an aromatic ring is 1. The third kappa shape index (κ3) is 2.60. The molecule has 0 aliphatic heterocycles. The molecule has 0 aliphatic carbocycles. The summed E-state index contributed by atoms with van der Waals surface area (Å²) in [7, 11) is 0. The maximum absolute atomic E-state index is 13.8. The van der Waals surface area contributed by atoms with Crippen LogP contribution in [0, 0.1) is 12.7 Å². The molecule has 0 spiro atoms. The van der Waals surface area contributed by atoms with Gasteiger partial charge in [-0.2, -0.15) is 0 Å². The fraction of sp³-hybridized carbons (Fsp3) is 0.133. The van der Waals surface area contributed by atoms with Gasteiger partial charge >= 0.3 is 0 Å². The Kier molecular flexibility index (Phi) is 3.35. The minimum absolute atomic E-state index is 0.362. The zero-order chi connectivity index (χ0) is 14.8. The molecule has 0 atom stereocenters. The first-order valence-corrected chi connectivity index (χ1v) is 6.51. The molecule has 0 radical (unpaired) electrons. The van der Waals surface area contributed by atoms with E-state index in [0.717, 1.165) is 5.56 Å². The second kappa shape index (κ2) is 5.32. The summed E-state index contributed by atoms with van der Waals surface area (Å²) >= 11 is 0. The summed E-state index contributed by atoms with van der Waals surface area (Å²) in [5.74, 6) is 0.128. The smallest absolute Gasteiger partial charge is 0.182 e. The van der Waals surface area contributed by atoms with E-state index in [-0.39, 0.29) is 5.82 Å². The number of hydrogen-bond acceptors (Lipinski definition) is 4. The van der Waals surface area contributed by atoms with Gasteiger partial charge in [-0.3, -0.25) is 0 Å². The second-order valence-corrected chi connectivity index (χ2v) is 4.82. The monoisotopic (exact) mass is 283 g/mol. The van der Waals surface area contributed by atoms with E-state index in [1.54, 1.807) is 17.7 Å². The minimum atomic E-state index is -0.362. The summed E-state index contributed by atoms with van der Waals surface area (Å²) in [4.78, 5) is 0. The normalized spacial score (nSPS) is 10.8. The third-order valence-corrected chi connectivity index (χ3v) is 3.35. The molecule has 0 unspecified atom stereocenters. The Labute approximate surface area is 121 Å². The summed E-state index contributed by atoms with van der Waals surface area (Å²) in [6.07, 6.45) is 0. The number of rotatable bonds is 3. The number of tetrazole rings is 1. The topological polar surface area (TPSA) is 69.6 Å². The van der Waals surface area contributed by atoms with E-state index in [4.69, 9.17) is 5.73 Å². The van der Waals surface area contributed by atoms with Crippen molar-refractivity contribution < 1.29 is 4.39 Å². The lowest BCUT2D eigenvalue weighted by Crippen LogP contribution is -2.05. The summed E-state index contributed by atoms with van der Waals surface area (Å²) in [5, 5.41) is 11.6. The lowest BCUT2D eigenvalue weighted by atomic mass is 10.1. The number of anilines is 1. The van der Waals surface area contributed by atoms with E-state index in [2.05, 4.69) is 15.5 Å². The number of halogens is 1. The van der Waals surface area contributed by atoms with Gasteiger partial charge in [-0.25, -0.2) is 9.07 Å². The minimum Gasteiger partial charge on any atom is -0.398 e. The molecular weight excluding hydrogens is 269 g/mol. The van der Waals surface area contributed by atoms with E-state index in [1.807, 2.05) is 30.3 Å². The van der Waals surface area contributed by atoms with Crippen molar-refractivity contribution in [1.82, 2.24) is 20.2 Å². The summed E-state index contributed by atoms with van der Waals surface area (Å²) in [6.45, 7) is 2.15. The molecule has 106 valence electrons. The first-order chi connectivity index (χ1) is 10.1. The Morgan fingerprint density at radius 3 is 2.67 bits per heavy atom. The molecule has 0 saturated heterocycles. The first-order valence-electron chi connectivity index (χ1n) is 6.51. The van der Waals surface area contributed by atoms with Crippen LogP contribution in [-0.4, -0.2) is 20.2 Å². The lowest BCUT2D eigenvalue weighted by Gasteiger charge is -2.08. The number of aromatic nitrogens is 4. The third-order valence-electron chi connectivity index (χ3n) is 3.35. The molecule has 3 rings (SSSR count). The maximum atomic E-state index is 13.8. The van der Waals surface area contributed by atoms with Crippen LogP contribution in [0.3, 0.4) is 0 Å². The van der Waals surface area contributed by atoms with Gasteiger partial charge in [-0.15, -0.1) is 5.10 Å². The highest BCUT2D eigenvalue weighted by Gasteiger charge is 2.13. The van der Waals surface area contributed by atoms with E-state index in [1.165, 1.54) is 6.07 Å². The number of nitrogens with two attached hydrogens (primary N) is 1. The number of benzene rings is 2. The fourth-order valence-electron chi connectivity index (χ4n) is 2.10. The van der Waals surface area contributed by atoms with Gasteiger partial charge in [-0.1, -0.05) is 30.3 Å². The molecule has 1 heterocycles. The van der Waals surface area contributed by atoms with Crippen molar-refractivity contribution in [2.24, 2.45) is 0 Å². The Bertz CT molecular complexity index is 744. The molecule has 0 amide bonds. The van der Waals surface area contributed by atoms with Crippen LogP contribution in [0.5, 0.6) is 0 Å². The highest BCUT2D eigenvalue weighted by molar-refractivity contribution is 5.64. The maximum Gasteiger partial charge on any atom is 0.182 e. The molecule has 2 aromatic carbocycles. The van der Waals surface area contributed by atoms with Crippen molar-refractivity contribution in [2.45, 2.75) is 13.5 Å². The van der Waals surface area contributed by atoms with Crippen LogP contribution in [0.25, 0.3) is 11.4 Å². The van der Waals surface area contributed by atoms with Crippen LogP contribution >= 0.6 is 0 Å². The zero-order valence-electron chi connectivity index (χ0n) is 11.5. The zero-order valence-corrected chi connectivity index (χ0v) is 11.5. The largest absolute Gasteiger partial charge is 0.398 e. The Hall–Kier alpha value is -2.76. The van der Waals surface area contributed by atoms with Gasteiger partial charge in [0, 0.05) is 16.8 Å². The van der Waals surface area contributed by atoms with Crippen LogP contribution in [0.15, 0.2) is 42.5 Å². The number of hydrogen-bond donors (Lipinski definition) is 1. The predicted molar refractivity (Wildman–Crippen MR) is 77.9 cm³/mol. The van der Waals surface area contributed by atoms with Gasteiger partial charge < -0.3 is 5.73 Å². The van der Waals surface area contributed by atoms with Gasteiger partial charge in [-0.05, 0) is 35.0 Å². The summed E-state index contributed by atoms with van der Waals surface area (Å²) in [5.41, 5.74) is 8.26. The highest BCUT2D eigenvalue weighted by atomic mass is 19.1. The molecule has 0 fully saturated rings. The van der Waals surface area contributed by atoms with Crippen LogP contribution < -0.4 is 5.73 Å². The molecule has 3 aromatic rings. The molecule has 1 aromatic heterocycles. The molecule has 6 heteroatoms. The molecule has 0 bridgehead atoms. The summed E-state index contributed by atoms with van der Waals surface area (Å²) in [6, 6.07) is 12.9. The molecular formula is C15H14FN5. The molecule has 21 heavy (non-hydrogen) atoms. The van der Waals surface area contributed by atoms with Crippen molar-refractivity contribution in [3.05, 3.63) is 59.4 Å². The van der Waals surface area contributed by atoms with Gasteiger partial charge in [0.2, 0.25) is 0 Å². The van der Waals surface area contributed by atoms with E-state index < -0.39 is 0 Å². The van der Waals surface area contributed by atoms with Crippen LogP contribution in [0.1, 0.15) is 11.1 Å². The molecule has 0 aliphatic rings. The second-order valence-electron chi connectivity index (χ2n) is 4.82. The van der Waals surface area contributed by atoms with E-state index in [9.17, 15) is 4.39 Å². The highest BCUT2D eigenvalue weighted by Crippen LogP contribution is 2.24. The summed E-state index contributed by atoms with van der Waals surface area (Å²) < 4.78 is 15.5. The predicted octanol–water partition coefficient (Wildman–Crippen LogP) is 2.42. The molecule has 2 N–H and O–H groups in total. The van der Waals surface area contributed by atoms with Crippen molar-refractivity contribution in [3.63, 3.8) is 0 Å². The van der Waals surface area contributed by atoms with Gasteiger partial charge in [0.25, 0.3) is 0 Å². The standard InChI is InChI=1S/C15H14FN5/c1-10-13(16)7-12(8-14(10)17)15-18-19-20-21(15)9-11-5-3-2-4-6-11/h2-8H,9,17H2,1H3. The lowest BCUT2D eigenvalue weighted by molar-refractivity contribution is 0.618. The van der Waals surface area contributed by atoms with Crippen molar-refractivity contribution >= 4 is 5.69 Å². The fourth-order valence-corrected chi connectivity index (χ4v) is 2.10. The number of nitrogens with zero attached hydrogens (tertiary/aromatic N) is 4. The van der Waals surface area contributed by atoms with E-state index in [0.29, 0.717) is 29.2 Å². The van der Waals surface area contributed by atoms with Crippen molar-refractivity contribution in [3.8, 4) is 11.4 Å².